The van der Waals surface area contributed by atoms with Gasteiger partial charge in [-0.15, -0.1) is 11.8 Å². The second kappa shape index (κ2) is 10.0. The van der Waals surface area contributed by atoms with Crippen molar-refractivity contribution in [1.82, 2.24) is 0 Å². The number of para-hydroxylation sites is 1. The third kappa shape index (κ3) is 5.67. The summed E-state index contributed by atoms with van der Waals surface area (Å²) in [7, 11) is 0. The summed E-state index contributed by atoms with van der Waals surface area (Å²) in [5, 5.41) is 4.94. The first kappa shape index (κ1) is 21.5. The average Bonchev–Trinajstić information content (AvgIpc) is 2.74. The van der Waals surface area contributed by atoms with Crippen LogP contribution in [0.5, 0.6) is 0 Å². The molecule has 2 N–H and O–H groups in total. The minimum atomic E-state index is -0.490. The molecule has 0 aliphatic heterocycles. The number of carbonyl (C=O) groups excluding carboxylic acids is 2. The molecule has 154 valence electrons. The summed E-state index contributed by atoms with van der Waals surface area (Å²) in [5.74, 6) is -1.56. The number of halogens is 2. The van der Waals surface area contributed by atoms with Gasteiger partial charge in [-0.3, -0.25) is 9.59 Å². The van der Waals surface area contributed by atoms with E-state index in [9.17, 15) is 18.4 Å². The van der Waals surface area contributed by atoms with E-state index in [1.165, 1.54) is 48.2 Å². The SMILES string of the molecule is CCC(Sc1cccc(NC(=O)c2ccc(F)cc2)c1)C(=O)Nc1ccccc1F. The standard InChI is InChI=1S/C23H20F2N2O2S/c1-2-21(23(29)27-20-9-4-3-8-19(20)25)30-18-7-5-6-17(14-18)26-22(28)15-10-12-16(24)13-11-15/h3-14,21H,2H2,1H3,(H,26,28)(H,27,29). The third-order valence-corrected chi connectivity index (χ3v) is 5.63. The Labute approximate surface area is 177 Å². The molecule has 1 atom stereocenters. The first-order valence-electron chi connectivity index (χ1n) is 9.35. The smallest absolute Gasteiger partial charge is 0.255 e. The predicted molar refractivity (Wildman–Crippen MR) is 116 cm³/mol. The Morgan fingerprint density at radius 3 is 2.37 bits per heavy atom. The molecule has 0 aromatic heterocycles. The van der Waals surface area contributed by atoms with Gasteiger partial charge in [-0.25, -0.2) is 8.78 Å². The van der Waals surface area contributed by atoms with Gasteiger partial charge in [0, 0.05) is 16.1 Å². The molecule has 0 radical (unpaired) electrons. The Hall–Kier alpha value is -3.19. The maximum atomic E-state index is 13.8. The van der Waals surface area contributed by atoms with Gasteiger partial charge in [0.05, 0.1) is 10.9 Å². The van der Waals surface area contributed by atoms with Crippen molar-refractivity contribution in [2.45, 2.75) is 23.5 Å². The molecule has 0 spiro atoms. The maximum absolute atomic E-state index is 13.8. The molecule has 0 aliphatic carbocycles. The topological polar surface area (TPSA) is 58.2 Å². The van der Waals surface area contributed by atoms with Crippen LogP contribution in [0.3, 0.4) is 0 Å². The fourth-order valence-electron chi connectivity index (χ4n) is 2.71. The van der Waals surface area contributed by atoms with Crippen LogP contribution < -0.4 is 10.6 Å². The van der Waals surface area contributed by atoms with Crippen LogP contribution in [-0.4, -0.2) is 17.1 Å². The lowest BCUT2D eigenvalue weighted by Crippen LogP contribution is -2.25. The first-order valence-corrected chi connectivity index (χ1v) is 10.2. The van der Waals surface area contributed by atoms with Crippen LogP contribution in [0.25, 0.3) is 0 Å². The number of amides is 2. The van der Waals surface area contributed by atoms with Crippen molar-refractivity contribution in [3.8, 4) is 0 Å². The van der Waals surface area contributed by atoms with Gasteiger partial charge in [-0.05, 0) is 61.0 Å². The van der Waals surface area contributed by atoms with Crippen molar-refractivity contribution < 1.29 is 18.4 Å². The second-order valence-corrected chi connectivity index (χ2v) is 7.75. The molecule has 3 rings (SSSR count). The van der Waals surface area contributed by atoms with Gasteiger partial charge in [0.25, 0.3) is 5.91 Å². The number of hydrogen-bond donors (Lipinski definition) is 2. The normalized spacial score (nSPS) is 11.6. The average molecular weight is 426 g/mol. The molecule has 30 heavy (non-hydrogen) atoms. The van der Waals surface area contributed by atoms with Crippen molar-refractivity contribution >= 4 is 35.0 Å². The molecule has 0 saturated heterocycles. The van der Waals surface area contributed by atoms with Crippen LogP contribution in [0.2, 0.25) is 0 Å². The highest BCUT2D eigenvalue weighted by atomic mass is 32.2. The number of rotatable bonds is 7. The fourth-order valence-corrected chi connectivity index (χ4v) is 3.73. The van der Waals surface area contributed by atoms with Gasteiger partial charge in [0.15, 0.2) is 0 Å². The van der Waals surface area contributed by atoms with Crippen LogP contribution in [0.15, 0.2) is 77.7 Å². The molecule has 3 aromatic carbocycles. The van der Waals surface area contributed by atoms with Crippen molar-refractivity contribution in [2.75, 3.05) is 10.6 Å². The van der Waals surface area contributed by atoms with E-state index >= 15 is 0 Å². The molecule has 0 heterocycles. The third-order valence-electron chi connectivity index (χ3n) is 4.27. The van der Waals surface area contributed by atoms with Crippen LogP contribution in [0.4, 0.5) is 20.2 Å². The minimum Gasteiger partial charge on any atom is -0.323 e. The lowest BCUT2D eigenvalue weighted by molar-refractivity contribution is -0.115. The molecule has 2 amide bonds. The maximum Gasteiger partial charge on any atom is 0.255 e. The van der Waals surface area contributed by atoms with Gasteiger partial charge >= 0.3 is 0 Å². The number of thioether (sulfide) groups is 1. The Balaban J connectivity index is 1.67. The zero-order valence-corrected chi connectivity index (χ0v) is 17.0. The molecule has 3 aromatic rings. The molecule has 1 unspecified atom stereocenters. The van der Waals surface area contributed by atoms with Crippen molar-refractivity contribution in [3.63, 3.8) is 0 Å². The molecule has 0 fully saturated rings. The Morgan fingerprint density at radius 1 is 0.933 bits per heavy atom. The van der Waals surface area contributed by atoms with Gasteiger partial charge in [0.2, 0.25) is 5.91 Å². The highest BCUT2D eigenvalue weighted by Gasteiger charge is 2.19. The summed E-state index contributed by atoms with van der Waals surface area (Å²) in [5.41, 5.74) is 1.03. The molecule has 4 nitrogen and oxygen atoms in total. The monoisotopic (exact) mass is 426 g/mol. The van der Waals surface area contributed by atoms with E-state index in [4.69, 9.17) is 0 Å². The first-order chi connectivity index (χ1) is 14.5. The highest BCUT2D eigenvalue weighted by molar-refractivity contribution is 8.00. The summed E-state index contributed by atoms with van der Waals surface area (Å²) in [6, 6.07) is 18.4. The molecule has 0 aliphatic rings. The zero-order chi connectivity index (χ0) is 21.5. The van der Waals surface area contributed by atoms with E-state index in [0.717, 1.165) is 4.90 Å². The van der Waals surface area contributed by atoms with Gasteiger partial charge in [-0.1, -0.05) is 25.1 Å². The Bertz CT molecular complexity index is 1040. The number of nitrogens with one attached hydrogen (secondary N) is 2. The molecule has 7 heteroatoms. The summed E-state index contributed by atoms with van der Waals surface area (Å²) in [6.45, 7) is 1.87. The zero-order valence-electron chi connectivity index (χ0n) is 16.2. The van der Waals surface area contributed by atoms with E-state index < -0.39 is 16.9 Å². The number of hydrogen-bond acceptors (Lipinski definition) is 3. The number of benzene rings is 3. The van der Waals surface area contributed by atoms with E-state index in [1.807, 2.05) is 13.0 Å². The summed E-state index contributed by atoms with van der Waals surface area (Å²) >= 11 is 1.33. The minimum absolute atomic E-state index is 0.141. The lowest BCUT2D eigenvalue weighted by Gasteiger charge is -2.16. The Morgan fingerprint density at radius 2 is 1.67 bits per heavy atom. The van der Waals surface area contributed by atoms with E-state index in [1.54, 1.807) is 30.3 Å². The molecule has 0 bridgehead atoms. The van der Waals surface area contributed by atoms with Gasteiger partial charge < -0.3 is 10.6 Å². The van der Waals surface area contributed by atoms with E-state index in [2.05, 4.69) is 10.6 Å². The van der Waals surface area contributed by atoms with E-state index in [-0.39, 0.29) is 17.5 Å². The van der Waals surface area contributed by atoms with Crippen LogP contribution >= 0.6 is 11.8 Å². The van der Waals surface area contributed by atoms with Crippen LogP contribution in [0, 0.1) is 11.6 Å². The van der Waals surface area contributed by atoms with Crippen LogP contribution in [-0.2, 0) is 4.79 Å². The molecular formula is C23H20F2N2O2S. The largest absolute Gasteiger partial charge is 0.323 e. The summed E-state index contributed by atoms with van der Waals surface area (Å²) in [4.78, 5) is 25.7. The van der Waals surface area contributed by atoms with Gasteiger partial charge in [-0.2, -0.15) is 0 Å². The van der Waals surface area contributed by atoms with Gasteiger partial charge in [0.1, 0.15) is 11.6 Å². The van der Waals surface area contributed by atoms with Crippen molar-refractivity contribution in [1.29, 1.82) is 0 Å². The van der Waals surface area contributed by atoms with Crippen molar-refractivity contribution in [3.05, 3.63) is 90.0 Å². The molecule has 0 saturated carbocycles. The van der Waals surface area contributed by atoms with E-state index in [0.29, 0.717) is 17.7 Å². The predicted octanol–water partition coefficient (Wildman–Crippen LogP) is 5.73. The fraction of sp³-hybridized carbons (Fsp3) is 0.130. The van der Waals surface area contributed by atoms with Crippen molar-refractivity contribution in [2.24, 2.45) is 0 Å². The molecular weight excluding hydrogens is 406 g/mol. The summed E-state index contributed by atoms with van der Waals surface area (Å²) < 4.78 is 26.8. The Kier molecular flexibility index (Phi) is 7.19. The number of anilines is 2. The number of carbonyl (C=O) groups is 2. The quantitative estimate of drug-likeness (QED) is 0.475. The summed E-state index contributed by atoms with van der Waals surface area (Å²) in [6.07, 6.45) is 0.539. The highest BCUT2D eigenvalue weighted by Crippen LogP contribution is 2.29. The van der Waals surface area contributed by atoms with Crippen LogP contribution in [0.1, 0.15) is 23.7 Å². The lowest BCUT2D eigenvalue weighted by atomic mass is 10.2. The second-order valence-electron chi connectivity index (χ2n) is 6.47.